The van der Waals surface area contributed by atoms with Crippen molar-refractivity contribution in [3.8, 4) is 11.5 Å². The summed E-state index contributed by atoms with van der Waals surface area (Å²) >= 11 is 1.29. The Balaban J connectivity index is 1.59. The number of amides is 1. The molecule has 2 aromatic carbocycles. The molecule has 1 atom stereocenters. The highest BCUT2D eigenvalue weighted by atomic mass is 32.1. The molecule has 0 fully saturated rings. The molecule has 1 unspecified atom stereocenters. The number of para-hydroxylation sites is 1. The number of oxime groups is 1. The summed E-state index contributed by atoms with van der Waals surface area (Å²) in [7, 11) is 3.03. The molecule has 3 aromatic rings. The predicted molar refractivity (Wildman–Crippen MR) is 115 cm³/mol. The second-order valence-corrected chi connectivity index (χ2v) is 7.91. The first-order valence-electron chi connectivity index (χ1n) is 9.30. The number of anilines is 1. The largest absolute Gasteiger partial charge is 0.493 e. The minimum Gasteiger partial charge on any atom is -0.493 e. The van der Waals surface area contributed by atoms with Gasteiger partial charge < -0.3 is 19.4 Å². The molecule has 1 aliphatic rings. The molecule has 10 heteroatoms. The van der Waals surface area contributed by atoms with E-state index in [4.69, 9.17) is 14.3 Å². The van der Waals surface area contributed by atoms with Gasteiger partial charge in [0.05, 0.1) is 36.6 Å². The first-order valence-corrected chi connectivity index (χ1v) is 10.1. The fraction of sp³-hybridized carbons (Fsp3) is 0.238. The number of nitrogens with zero attached hydrogens (tertiary/aromatic N) is 2. The molecule has 0 spiro atoms. The highest BCUT2D eigenvalue weighted by molar-refractivity contribution is 7.22. The molecular formula is C21H19N3O6S. The lowest BCUT2D eigenvalue weighted by molar-refractivity contribution is -0.152. The van der Waals surface area contributed by atoms with Gasteiger partial charge in [-0.15, -0.1) is 0 Å². The summed E-state index contributed by atoms with van der Waals surface area (Å²) in [6.45, 7) is 0. The Hall–Kier alpha value is -3.66. The summed E-state index contributed by atoms with van der Waals surface area (Å²) in [6, 6.07) is 12.6. The van der Waals surface area contributed by atoms with Crippen molar-refractivity contribution >= 4 is 44.3 Å². The van der Waals surface area contributed by atoms with E-state index in [1.807, 2.05) is 24.3 Å². The smallest absolute Gasteiger partial charge is 0.308 e. The van der Waals surface area contributed by atoms with Gasteiger partial charge >= 0.3 is 5.97 Å². The van der Waals surface area contributed by atoms with Crippen LogP contribution in [0.15, 0.2) is 47.6 Å². The van der Waals surface area contributed by atoms with E-state index in [0.717, 1.165) is 10.2 Å². The number of ether oxygens (including phenoxy) is 2. The normalized spacial score (nSPS) is 17.7. The third kappa shape index (κ3) is 4.02. The first kappa shape index (κ1) is 20.6. The fourth-order valence-electron chi connectivity index (χ4n) is 3.33. The predicted octanol–water partition coefficient (Wildman–Crippen LogP) is 3.29. The van der Waals surface area contributed by atoms with E-state index in [-0.39, 0.29) is 6.42 Å². The molecule has 160 valence electrons. The standard InChI is InChI=1S/C21H19N3O6S/c1-28-15-8-7-12(9-16(15)29-2)14-10-21(30-24-14,11-18(25)26)19(27)23-20-22-13-5-3-4-6-17(13)31-20/h3-9H,10-11H2,1-2H3,(H,25,26)(H,22,23,27). The minimum atomic E-state index is -1.69. The van der Waals surface area contributed by atoms with Crippen LogP contribution in [0.2, 0.25) is 0 Å². The molecular weight excluding hydrogens is 422 g/mol. The van der Waals surface area contributed by atoms with Crippen LogP contribution in [-0.4, -0.2) is 47.5 Å². The molecule has 4 rings (SSSR count). The van der Waals surface area contributed by atoms with E-state index in [0.29, 0.717) is 27.9 Å². The molecule has 2 N–H and O–H groups in total. The average Bonchev–Trinajstić information content (AvgIpc) is 3.37. The third-order valence-electron chi connectivity index (χ3n) is 4.87. The Morgan fingerprint density at radius 1 is 1.19 bits per heavy atom. The van der Waals surface area contributed by atoms with E-state index in [9.17, 15) is 14.7 Å². The Morgan fingerprint density at radius 2 is 1.97 bits per heavy atom. The maximum atomic E-state index is 13.1. The molecule has 0 saturated heterocycles. The van der Waals surface area contributed by atoms with E-state index in [1.54, 1.807) is 18.2 Å². The molecule has 9 nitrogen and oxygen atoms in total. The lowest BCUT2D eigenvalue weighted by Crippen LogP contribution is -2.45. The number of hydrogen-bond donors (Lipinski definition) is 2. The van der Waals surface area contributed by atoms with Crippen LogP contribution in [0.25, 0.3) is 10.2 Å². The van der Waals surface area contributed by atoms with Gasteiger partial charge in [0.25, 0.3) is 5.91 Å². The summed E-state index contributed by atoms with van der Waals surface area (Å²) in [5, 5.41) is 16.5. The number of aliphatic carboxylic acids is 1. The highest BCUT2D eigenvalue weighted by Crippen LogP contribution is 2.35. The number of carboxylic acids is 1. The van der Waals surface area contributed by atoms with Crippen LogP contribution in [0.4, 0.5) is 5.13 Å². The molecule has 0 radical (unpaired) electrons. The van der Waals surface area contributed by atoms with Crippen LogP contribution in [0.3, 0.4) is 0 Å². The number of carbonyl (C=O) groups is 2. The third-order valence-corrected chi connectivity index (χ3v) is 5.82. The second kappa shape index (κ2) is 8.23. The summed E-state index contributed by atoms with van der Waals surface area (Å²) < 4.78 is 11.4. The van der Waals surface area contributed by atoms with Gasteiger partial charge in [-0.2, -0.15) is 0 Å². The molecule has 0 aliphatic carbocycles. The minimum absolute atomic E-state index is 0.0223. The van der Waals surface area contributed by atoms with Crippen molar-refractivity contribution in [1.29, 1.82) is 0 Å². The van der Waals surface area contributed by atoms with Crippen molar-refractivity contribution in [2.75, 3.05) is 19.5 Å². The van der Waals surface area contributed by atoms with Crippen LogP contribution < -0.4 is 14.8 Å². The fourth-order valence-corrected chi connectivity index (χ4v) is 4.19. The number of fused-ring (bicyclic) bond motifs is 1. The van der Waals surface area contributed by atoms with Crippen molar-refractivity contribution in [2.45, 2.75) is 18.4 Å². The quantitative estimate of drug-likeness (QED) is 0.577. The number of aromatic nitrogens is 1. The Bertz CT molecular complexity index is 1160. The summed E-state index contributed by atoms with van der Waals surface area (Å²) in [4.78, 5) is 34.4. The molecule has 0 saturated carbocycles. The lowest BCUT2D eigenvalue weighted by atomic mass is 9.90. The van der Waals surface area contributed by atoms with Crippen molar-refractivity contribution < 1.29 is 29.0 Å². The number of rotatable bonds is 7. The summed E-state index contributed by atoms with van der Waals surface area (Å²) in [5.41, 5.74) is 0.121. The molecule has 1 aromatic heterocycles. The van der Waals surface area contributed by atoms with Gasteiger partial charge in [0.2, 0.25) is 5.60 Å². The SMILES string of the molecule is COc1ccc(C2=NOC(CC(=O)O)(C(=O)Nc3nc4ccccc4s3)C2)cc1OC. The number of nitrogens with one attached hydrogen (secondary N) is 1. The van der Waals surface area contributed by atoms with Crippen molar-refractivity contribution in [2.24, 2.45) is 5.16 Å². The molecule has 31 heavy (non-hydrogen) atoms. The monoisotopic (exact) mass is 441 g/mol. The molecule has 1 amide bonds. The van der Waals surface area contributed by atoms with Gasteiger partial charge in [0.1, 0.15) is 0 Å². The van der Waals surface area contributed by atoms with Crippen LogP contribution in [0.1, 0.15) is 18.4 Å². The van der Waals surface area contributed by atoms with E-state index in [1.165, 1.54) is 25.6 Å². The van der Waals surface area contributed by atoms with Gasteiger partial charge in [-0.05, 0) is 30.3 Å². The van der Waals surface area contributed by atoms with Gasteiger partial charge in [-0.3, -0.25) is 14.9 Å². The lowest BCUT2D eigenvalue weighted by Gasteiger charge is -2.22. The average molecular weight is 441 g/mol. The summed E-state index contributed by atoms with van der Waals surface area (Å²) in [6.07, 6.45) is -0.574. The van der Waals surface area contributed by atoms with Crippen LogP contribution in [0, 0.1) is 0 Å². The van der Waals surface area contributed by atoms with Crippen LogP contribution in [0.5, 0.6) is 11.5 Å². The topological polar surface area (TPSA) is 119 Å². The number of thiazole rings is 1. The Kier molecular flexibility index (Phi) is 5.47. The molecule has 2 heterocycles. The van der Waals surface area contributed by atoms with E-state index < -0.39 is 23.9 Å². The number of hydrogen-bond acceptors (Lipinski definition) is 8. The molecule has 1 aliphatic heterocycles. The second-order valence-electron chi connectivity index (χ2n) is 6.88. The Labute approximate surface area is 181 Å². The number of carboxylic acid groups (broad SMARTS) is 1. The van der Waals surface area contributed by atoms with E-state index in [2.05, 4.69) is 15.5 Å². The van der Waals surface area contributed by atoms with Crippen LogP contribution >= 0.6 is 11.3 Å². The number of benzene rings is 2. The van der Waals surface area contributed by atoms with Gasteiger partial charge in [-0.25, -0.2) is 4.98 Å². The zero-order chi connectivity index (χ0) is 22.0. The van der Waals surface area contributed by atoms with Gasteiger partial charge in [0.15, 0.2) is 16.6 Å². The van der Waals surface area contributed by atoms with Crippen molar-refractivity contribution in [1.82, 2.24) is 4.98 Å². The first-order chi connectivity index (χ1) is 14.9. The maximum Gasteiger partial charge on any atom is 0.308 e. The van der Waals surface area contributed by atoms with Gasteiger partial charge in [-0.1, -0.05) is 28.6 Å². The molecule has 0 bridgehead atoms. The van der Waals surface area contributed by atoms with Gasteiger partial charge in [0, 0.05) is 12.0 Å². The number of methoxy groups -OCH3 is 2. The zero-order valence-electron chi connectivity index (χ0n) is 16.7. The number of carbonyl (C=O) groups excluding carboxylic acids is 1. The van der Waals surface area contributed by atoms with Crippen molar-refractivity contribution in [3.05, 3.63) is 48.0 Å². The van der Waals surface area contributed by atoms with Crippen LogP contribution in [-0.2, 0) is 14.4 Å². The zero-order valence-corrected chi connectivity index (χ0v) is 17.6. The highest BCUT2D eigenvalue weighted by Gasteiger charge is 2.49. The summed E-state index contributed by atoms with van der Waals surface area (Å²) in [5.74, 6) is -0.773. The maximum absolute atomic E-state index is 13.1. The Morgan fingerprint density at radius 3 is 2.68 bits per heavy atom. The van der Waals surface area contributed by atoms with Crippen molar-refractivity contribution in [3.63, 3.8) is 0 Å². The van der Waals surface area contributed by atoms with E-state index >= 15 is 0 Å².